The summed E-state index contributed by atoms with van der Waals surface area (Å²) in [6.45, 7) is -0.149. The summed E-state index contributed by atoms with van der Waals surface area (Å²) in [5.74, 6) is -2.79. The average molecular weight is 393 g/mol. The number of benzene rings is 1. The van der Waals surface area contributed by atoms with E-state index in [4.69, 9.17) is 4.74 Å². The maximum atomic E-state index is 12.5. The lowest BCUT2D eigenvalue weighted by molar-refractivity contribution is -0.139. The molecule has 0 fully saturated rings. The van der Waals surface area contributed by atoms with Crippen LogP contribution in [0.1, 0.15) is 29.6 Å². The first-order valence-electron chi connectivity index (χ1n) is 8.85. The fourth-order valence-corrected chi connectivity index (χ4v) is 2.60. The number of carboxylic acid groups (broad SMARTS) is 1. The zero-order valence-electron chi connectivity index (χ0n) is 15.1. The van der Waals surface area contributed by atoms with Gasteiger partial charge in [-0.1, -0.05) is 12.1 Å². The van der Waals surface area contributed by atoms with Gasteiger partial charge < -0.3 is 30.9 Å². The summed E-state index contributed by atoms with van der Waals surface area (Å²) in [7, 11) is 0. The molecule has 0 spiro atoms. The number of aliphatic hydroxyl groups is 1. The maximum Gasteiger partial charge on any atom is 0.326 e. The highest BCUT2D eigenvalue weighted by molar-refractivity contribution is 5.99. The standard InChI is InChI=1S/C18H23N3O7/c22-10-13-17(25)19-8-3-9-28-14-5-2-1-4-11(14)16(24)21-12(18(26)27)6-7-15(23)20-13/h1-2,4-5,12-13,22H,3,6-10H2,(H,19,25)(H,20,23)(H,21,24)(H,26,27)/t12-,13?/m0/s1. The largest absolute Gasteiger partial charge is 0.493 e. The summed E-state index contributed by atoms with van der Waals surface area (Å²) < 4.78 is 5.58. The molecule has 0 aromatic heterocycles. The number of hydrogen-bond acceptors (Lipinski definition) is 6. The van der Waals surface area contributed by atoms with Crippen LogP contribution in [-0.4, -0.2) is 65.7 Å². The molecular weight excluding hydrogens is 370 g/mol. The molecular formula is C18H23N3O7. The number of para-hydroxylation sites is 1. The molecule has 2 rings (SSSR count). The van der Waals surface area contributed by atoms with E-state index < -0.39 is 42.4 Å². The number of carbonyl (C=O) groups excluding carboxylic acids is 3. The van der Waals surface area contributed by atoms with Gasteiger partial charge in [-0.3, -0.25) is 14.4 Å². The summed E-state index contributed by atoms with van der Waals surface area (Å²) in [5, 5.41) is 25.9. The van der Waals surface area contributed by atoms with Crippen molar-refractivity contribution in [3.8, 4) is 5.75 Å². The van der Waals surface area contributed by atoms with Gasteiger partial charge >= 0.3 is 5.97 Å². The molecule has 10 nitrogen and oxygen atoms in total. The Morgan fingerprint density at radius 1 is 1.18 bits per heavy atom. The number of rotatable bonds is 2. The molecule has 0 bridgehead atoms. The Bertz CT molecular complexity index is 738. The van der Waals surface area contributed by atoms with Crippen LogP contribution in [0.5, 0.6) is 5.75 Å². The van der Waals surface area contributed by atoms with E-state index in [9.17, 15) is 29.4 Å². The lowest BCUT2D eigenvalue weighted by atomic mass is 10.1. The van der Waals surface area contributed by atoms with E-state index in [2.05, 4.69) is 16.0 Å². The molecule has 28 heavy (non-hydrogen) atoms. The van der Waals surface area contributed by atoms with E-state index in [1.54, 1.807) is 18.2 Å². The van der Waals surface area contributed by atoms with Crippen LogP contribution in [0, 0.1) is 0 Å². The van der Waals surface area contributed by atoms with Gasteiger partial charge in [0.05, 0.1) is 18.8 Å². The highest BCUT2D eigenvalue weighted by atomic mass is 16.5. The normalized spacial score (nSPS) is 22.1. The minimum absolute atomic E-state index is 0.176. The lowest BCUT2D eigenvalue weighted by Gasteiger charge is -2.19. The Labute approximate surface area is 161 Å². The van der Waals surface area contributed by atoms with Crippen molar-refractivity contribution in [3.05, 3.63) is 29.8 Å². The molecule has 0 saturated heterocycles. The predicted octanol–water partition coefficient (Wildman–Crippen LogP) is -0.974. The minimum atomic E-state index is -1.30. The van der Waals surface area contributed by atoms with Crippen molar-refractivity contribution < 1.29 is 34.1 Å². The Balaban J connectivity index is 2.21. The van der Waals surface area contributed by atoms with Crippen molar-refractivity contribution in [1.82, 2.24) is 16.0 Å². The van der Waals surface area contributed by atoms with E-state index >= 15 is 0 Å². The first-order valence-corrected chi connectivity index (χ1v) is 8.85. The topological polar surface area (TPSA) is 154 Å². The molecule has 0 aliphatic carbocycles. The molecule has 152 valence electrons. The van der Waals surface area contributed by atoms with Crippen LogP contribution in [0.25, 0.3) is 0 Å². The van der Waals surface area contributed by atoms with E-state index in [0.29, 0.717) is 6.42 Å². The third kappa shape index (κ3) is 5.95. The molecule has 0 saturated carbocycles. The number of aliphatic carboxylic acids is 1. The van der Waals surface area contributed by atoms with E-state index in [1.807, 2.05) is 0 Å². The van der Waals surface area contributed by atoms with Gasteiger partial charge in [-0.05, 0) is 25.0 Å². The van der Waals surface area contributed by atoms with Crippen LogP contribution in [0.15, 0.2) is 24.3 Å². The molecule has 0 radical (unpaired) electrons. The van der Waals surface area contributed by atoms with Gasteiger partial charge in [0.1, 0.15) is 17.8 Å². The zero-order chi connectivity index (χ0) is 20.5. The first-order chi connectivity index (χ1) is 13.4. The van der Waals surface area contributed by atoms with Gasteiger partial charge in [0.25, 0.3) is 5.91 Å². The van der Waals surface area contributed by atoms with Gasteiger partial charge in [-0.15, -0.1) is 0 Å². The summed E-state index contributed by atoms with van der Waals surface area (Å²) >= 11 is 0. The molecule has 1 heterocycles. The second kappa shape index (κ2) is 10.3. The van der Waals surface area contributed by atoms with Crippen LogP contribution < -0.4 is 20.7 Å². The maximum absolute atomic E-state index is 12.5. The molecule has 2 atom stereocenters. The first kappa shape index (κ1) is 21.2. The summed E-state index contributed by atoms with van der Waals surface area (Å²) in [5.41, 5.74) is 0.176. The summed E-state index contributed by atoms with van der Waals surface area (Å²) in [4.78, 5) is 48.0. The number of amides is 3. The van der Waals surface area contributed by atoms with Gasteiger partial charge in [-0.25, -0.2) is 4.79 Å². The quantitative estimate of drug-likeness (QED) is 0.433. The summed E-state index contributed by atoms with van der Waals surface area (Å²) in [6.07, 6.45) is -0.0135. The fourth-order valence-electron chi connectivity index (χ4n) is 2.60. The van der Waals surface area contributed by atoms with E-state index in [1.165, 1.54) is 6.07 Å². The minimum Gasteiger partial charge on any atom is -0.493 e. The molecule has 1 unspecified atom stereocenters. The van der Waals surface area contributed by atoms with E-state index in [0.717, 1.165) is 0 Å². The van der Waals surface area contributed by atoms with Crippen molar-refractivity contribution in [2.75, 3.05) is 19.8 Å². The van der Waals surface area contributed by atoms with Crippen LogP contribution in [-0.2, 0) is 14.4 Å². The van der Waals surface area contributed by atoms with Gasteiger partial charge in [0.2, 0.25) is 11.8 Å². The zero-order valence-corrected chi connectivity index (χ0v) is 15.1. The Hall–Kier alpha value is -3.14. The second-order valence-electron chi connectivity index (χ2n) is 6.19. The third-order valence-corrected chi connectivity index (χ3v) is 4.11. The highest BCUT2D eigenvalue weighted by Crippen LogP contribution is 2.18. The third-order valence-electron chi connectivity index (χ3n) is 4.11. The predicted molar refractivity (Wildman–Crippen MR) is 96.7 cm³/mol. The molecule has 1 aliphatic heterocycles. The van der Waals surface area contributed by atoms with Gasteiger partial charge in [0, 0.05) is 13.0 Å². The Kier molecular flexibility index (Phi) is 7.76. The fraction of sp³-hybridized carbons (Fsp3) is 0.444. The van der Waals surface area contributed by atoms with Crippen LogP contribution in [0.2, 0.25) is 0 Å². The molecule has 10 heteroatoms. The van der Waals surface area contributed by atoms with Crippen molar-refractivity contribution in [1.29, 1.82) is 0 Å². The van der Waals surface area contributed by atoms with Crippen molar-refractivity contribution in [3.63, 3.8) is 0 Å². The van der Waals surface area contributed by atoms with Crippen molar-refractivity contribution in [2.45, 2.75) is 31.3 Å². The number of fused-ring (bicyclic) bond motifs is 1. The molecule has 1 aliphatic rings. The molecule has 1 aromatic carbocycles. The Morgan fingerprint density at radius 3 is 2.64 bits per heavy atom. The monoisotopic (exact) mass is 393 g/mol. The van der Waals surface area contributed by atoms with Gasteiger partial charge in [0.15, 0.2) is 0 Å². The number of aliphatic hydroxyl groups excluding tert-OH is 1. The SMILES string of the molecule is O=C1CC[C@@H](C(=O)O)NC(=O)c2ccccc2OCCCNC(=O)C(CO)N1. The highest BCUT2D eigenvalue weighted by Gasteiger charge is 2.25. The van der Waals surface area contributed by atoms with Crippen molar-refractivity contribution >= 4 is 23.7 Å². The molecule has 3 amide bonds. The number of carbonyl (C=O) groups is 4. The average Bonchev–Trinajstić information content (AvgIpc) is 2.68. The smallest absolute Gasteiger partial charge is 0.326 e. The number of hydrogen-bond donors (Lipinski definition) is 5. The van der Waals surface area contributed by atoms with E-state index in [-0.39, 0.29) is 37.3 Å². The van der Waals surface area contributed by atoms with Crippen LogP contribution in [0.4, 0.5) is 0 Å². The van der Waals surface area contributed by atoms with Gasteiger partial charge in [-0.2, -0.15) is 0 Å². The summed E-state index contributed by atoms with van der Waals surface area (Å²) in [6, 6.07) is 3.95. The molecule has 1 aromatic rings. The number of nitrogens with one attached hydrogen (secondary N) is 3. The molecule has 5 N–H and O–H groups in total. The Morgan fingerprint density at radius 2 is 1.93 bits per heavy atom. The number of ether oxygens (including phenoxy) is 1. The lowest BCUT2D eigenvalue weighted by Crippen LogP contribution is -2.49. The second-order valence-corrected chi connectivity index (χ2v) is 6.19. The van der Waals surface area contributed by atoms with Crippen LogP contribution >= 0.6 is 0 Å². The van der Waals surface area contributed by atoms with Crippen LogP contribution in [0.3, 0.4) is 0 Å². The number of carboxylic acids is 1. The van der Waals surface area contributed by atoms with Crippen molar-refractivity contribution in [2.24, 2.45) is 0 Å².